The molecule has 1 aromatic rings. The SMILES string of the molecule is CCOC(=O)CN(Cc1ccc(SC)cc1)C1CC1. The van der Waals surface area contributed by atoms with Gasteiger partial charge >= 0.3 is 5.97 Å². The highest BCUT2D eigenvalue weighted by molar-refractivity contribution is 7.98. The van der Waals surface area contributed by atoms with Gasteiger partial charge in [-0.3, -0.25) is 9.69 Å². The molecule has 0 unspecified atom stereocenters. The van der Waals surface area contributed by atoms with Crippen LogP contribution in [0.1, 0.15) is 25.3 Å². The molecule has 0 N–H and O–H groups in total. The third kappa shape index (κ3) is 4.55. The van der Waals surface area contributed by atoms with Gasteiger partial charge in [0.15, 0.2) is 0 Å². The molecule has 0 saturated heterocycles. The highest BCUT2D eigenvalue weighted by Crippen LogP contribution is 2.28. The van der Waals surface area contributed by atoms with E-state index in [1.54, 1.807) is 11.8 Å². The van der Waals surface area contributed by atoms with Crippen LogP contribution in [-0.2, 0) is 16.1 Å². The van der Waals surface area contributed by atoms with Crippen molar-refractivity contribution in [1.29, 1.82) is 0 Å². The molecule has 0 bridgehead atoms. The molecule has 0 heterocycles. The topological polar surface area (TPSA) is 29.5 Å². The zero-order valence-electron chi connectivity index (χ0n) is 11.6. The van der Waals surface area contributed by atoms with Crippen LogP contribution in [0.2, 0.25) is 0 Å². The highest BCUT2D eigenvalue weighted by atomic mass is 32.2. The average molecular weight is 279 g/mol. The molecule has 0 spiro atoms. The van der Waals surface area contributed by atoms with E-state index in [4.69, 9.17) is 4.74 Å². The van der Waals surface area contributed by atoms with Gasteiger partial charge in [0, 0.05) is 17.5 Å². The normalized spacial score (nSPS) is 14.7. The lowest BCUT2D eigenvalue weighted by Gasteiger charge is -2.21. The lowest BCUT2D eigenvalue weighted by atomic mass is 10.2. The Morgan fingerprint density at radius 1 is 1.37 bits per heavy atom. The number of rotatable bonds is 7. The molecule has 4 heteroatoms. The van der Waals surface area contributed by atoms with Crippen LogP contribution in [-0.4, -0.2) is 36.3 Å². The first-order valence-electron chi connectivity index (χ1n) is 6.75. The smallest absolute Gasteiger partial charge is 0.320 e. The number of thioether (sulfide) groups is 1. The van der Waals surface area contributed by atoms with Crippen molar-refractivity contribution >= 4 is 17.7 Å². The number of hydrogen-bond acceptors (Lipinski definition) is 4. The molecule has 1 fully saturated rings. The molecular formula is C15H21NO2S. The summed E-state index contributed by atoms with van der Waals surface area (Å²) >= 11 is 1.74. The standard InChI is InChI=1S/C15H21NO2S/c1-3-18-15(17)11-16(13-6-7-13)10-12-4-8-14(19-2)9-5-12/h4-5,8-9,13H,3,6-7,10-11H2,1-2H3. The lowest BCUT2D eigenvalue weighted by molar-refractivity contribution is -0.144. The second-order valence-electron chi connectivity index (χ2n) is 4.79. The first-order chi connectivity index (χ1) is 9.22. The summed E-state index contributed by atoms with van der Waals surface area (Å²) in [4.78, 5) is 15.1. The zero-order valence-corrected chi connectivity index (χ0v) is 12.4. The first kappa shape index (κ1) is 14.4. The van der Waals surface area contributed by atoms with Crippen molar-refractivity contribution in [3.05, 3.63) is 29.8 Å². The summed E-state index contributed by atoms with van der Waals surface area (Å²) in [6, 6.07) is 9.12. The maximum Gasteiger partial charge on any atom is 0.320 e. The van der Waals surface area contributed by atoms with Crippen LogP contribution in [0.5, 0.6) is 0 Å². The fourth-order valence-corrected chi connectivity index (χ4v) is 2.50. The molecule has 0 radical (unpaired) electrons. The van der Waals surface area contributed by atoms with E-state index >= 15 is 0 Å². The molecule has 0 aliphatic heterocycles. The molecule has 104 valence electrons. The van der Waals surface area contributed by atoms with Crippen molar-refractivity contribution in [2.75, 3.05) is 19.4 Å². The van der Waals surface area contributed by atoms with Gasteiger partial charge in [0.1, 0.15) is 0 Å². The van der Waals surface area contributed by atoms with Crippen molar-refractivity contribution in [2.24, 2.45) is 0 Å². The predicted molar refractivity (Wildman–Crippen MR) is 78.3 cm³/mol. The monoisotopic (exact) mass is 279 g/mol. The minimum absolute atomic E-state index is 0.116. The fraction of sp³-hybridized carbons (Fsp3) is 0.533. The average Bonchev–Trinajstić information content (AvgIpc) is 3.23. The summed E-state index contributed by atoms with van der Waals surface area (Å²) in [6.07, 6.45) is 4.47. The largest absolute Gasteiger partial charge is 0.465 e. The number of nitrogens with zero attached hydrogens (tertiary/aromatic N) is 1. The summed E-state index contributed by atoms with van der Waals surface area (Å²) in [5, 5.41) is 0. The van der Waals surface area contributed by atoms with E-state index in [2.05, 4.69) is 35.4 Å². The van der Waals surface area contributed by atoms with Crippen molar-refractivity contribution in [2.45, 2.75) is 37.2 Å². The van der Waals surface area contributed by atoms with Crippen LogP contribution in [0.4, 0.5) is 0 Å². The maximum absolute atomic E-state index is 11.6. The zero-order chi connectivity index (χ0) is 13.7. The van der Waals surface area contributed by atoms with Gasteiger partial charge in [-0.25, -0.2) is 0 Å². The summed E-state index contributed by atoms with van der Waals surface area (Å²) in [5.41, 5.74) is 1.26. The molecule has 1 aliphatic carbocycles. The van der Waals surface area contributed by atoms with E-state index in [0.29, 0.717) is 19.2 Å². The minimum Gasteiger partial charge on any atom is -0.465 e. The Morgan fingerprint density at radius 3 is 2.58 bits per heavy atom. The van der Waals surface area contributed by atoms with Gasteiger partial charge in [-0.05, 0) is 43.7 Å². The summed E-state index contributed by atoms with van der Waals surface area (Å²) in [6.45, 7) is 3.54. The van der Waals surface area contributed by atoms with Crippen LogP contribution in [0.15, 0.2) is 29.2 Å². The molecule has 0 atom stereocenters. The highest BCUT2D eigenvalue weighted by Gasteiger charge is 2.30. The lowest BCUT2D eigenvalue weighted by Crippen LogP contribution is -2.32. The Bertz CT molecular complexity index is 415. The van der Waals surface area contributed by atoms with Crippen LogP contribution >= 0.6 is 11.8 Å². The Balaban J connectivity index is 1.93. The second kappa shape index (κ2) is 6.96. The van der Waals surface area contributed by atoms with Gasteiger partial charge in [-0.15, -0.1) is 11.8 Å². The molecule has 19 heavy (non-hydrogen) atoms. The van der Waals surface area contributed by atoms with Crippen LogP contribution in [0, 0.1) is 0 Å². The summed E-state index contributed by atoms with van der Waals surface area (Å²) in [7, 11) is 0. The molecule has 1 aliphatic rings. The number of ether oxygens (including phenoxy) is 1. The van der Waals surface area contributed by atoms with Gasteiger partial charge in [-0.2, -0.15) is 0 Å². The van der Waals surface area contributed by atoms with E-state index in [9.17, 15) is 4.79 Å². The van der Waals surface area contributed by atoms with Crippen molar-refractivity contribution in [1.82, 2.24) is 4.90 Å². The Hall–Kier alpha value is -1.00. The van der Waals surface area contributed by atoms with Crippen molar-refractivity contribution < 1.29 is 9.53 Å². The molecule has 0 aromatic heterocycles. The number of benzene rings is 1. The van der Waals surface area contributed by atoms with E-state index < -0.39 is 0 Å². The second-order valence-corrected chi connectivity index (χ2v) is 5.67. The fourth-order valence-electron chi connectivity index (χ4n) is 2.09. The number of esters is 1. The van der Waals surface area contributed by atoms with Gasteiger partial charge in [0.05, 0.1) is 13.2 Å². The Labute approximate surface area is 119 Å². The maximum atomic E-state index is 11.6. The van der Waals surface area contributed by atoms with Crippen molar-refractivity contribution in [3.8, 4) is 0 Å². The minimum atomic E-state index is -0.116. The van der Waals surface area contributed by atoms with Crippen LogP contribution in [0.25, 0.3) is 0 Å². The predicted octanol–water partition coefficient (Wildman–Crippen LogP) is 2.94. The number of carbonyl (C=O) groups excluding carboxylic acids is 1. The summed E-state index contributed by atoms with van der Waals surface area (Å²) in [5.74, 6) is -0.116. The number of hydrogen-bond donors (Lipinski definition) is 0. The third-order valence-electron chi connectivity index (χ3n) is 3.25. The van der Waals surface area contributed by atoms with Crippen LogP contribution < -0.4 is 0 Å². The van der Waals surface area contributed by atoms with E-state index in [1.807, 2.05) is 6.92 Å². The molecule has 0 amide bonds. The molecule has 2 rings (SSSR count). The third-order valence-corrected chi connectivity index (χ3v) is 3.99. The van der Waals surface area contributed by atoms with Gasteiger partial charge in [0.2, 0.25) is 0 Å². The van der Waals surface area contributed by atoms with Gasteiger partial charge < -0.3 is 4.74 Å². The number of carbonyl (C=O) groups is 1. The van der Waals surface area contributed by atoms with E-state index in [0.717, 1.165) is 6.54 Å². The Kier molecular flexibility index (Phi) is 5.28. The first-order valence-corrected chi connectivity index (χ1v) is 7.98. The molecule has 3 nitrogen and oxygen atoms in total. The quantitative estimate of drug-likeness (QED) is 0.567. The van der Waals surface area contributed by atoms with E-state index in [-0.39, 0.29) is 5.97 Å². The Morgan fingerprint density at radius 2 is 2.05 bits per heavy atom. The van der Waals surface area contributed by atoms with E-state index in [1.165, 1.54) is 23.3 Å². The molecular weight excluding hydrogens is 258 g/mol. The van der Waals surface area contributed by atoms with Gasteiger partial charge in [0.25, 0.3) is 0 Å². The van der Waals surface area contributed by atoms with Crippen molar-refractivity contribution in [3.63, 3.8) is 0 Å². The molecule has 1 aromatic carbocycles. The van der Waals surface area contributed by atoms with Gasteiger partial charge in [-0.1, -0.05) is 12.1 Å². The molecule has 1 saturated carbocycles. The van der Waals surface area contributed by atoms with Crippen LogP contribution in [0.3, 0.4) is 0 Å². The summed E-state index contributed by atoms with van der Waals surface area (Å²) < 4.78 is 5.04.